The van der Waals surface area contributed by atoms with Gasteiger partial charge in [0.1, 0.15) is 18.5 Å². The topological polar surface area (TPSA) is 61.2 Å². The highest BCUT2D eigenvalue weighted by atomic mass is 16.5. The van der Waals surface area contributed by atoms with E-state index in [0.717, 1.165) is 40.9 Å². The molecule has 3 aromatic rings. The lowest BCUT2D eigenvalue weighted by molar-refractivity contribution is -0.106. The third-order valence-corrected chi connectivity index (χ3v) is 4.98. The number of benzene rings is 1. The molecule has 1 atom stereocenters. The Morgan fingerprint density at radius 3 is 2.93 bits per heavy atom. The van der Waals surface area contributed by atoms with E-state index in [0.29, 0.717) is 12.6 Å². The molecule has 1 saturated heterocycles. The summed E-state index contributed by atoms with van der Waals surface area (Å²) in [6, 6.07) is 8.47. The number of hydrogen-bond acceptors (Lipinski definition) is 5. The van der Waals surface area contributed by atoms with E-state index in [4.69, 9.17) is 9.47 Å². The molecule has 6 heteroatoms. The molecule has 2 aromatic heterocycles. The predicted molar refractivity (Wildman–Crippen MR) is 111 cm³/mol. The van der Waals surface area contributed by atoms with Gasteiger partial charge >= 0.3 is 0 Å². The SMILES string of the molecule is CC(C)n1cc(-c2cc(OC[C@@H]3CNCC(C)(C)O3)c3cccnc3c2)cn1. The largest absolute Gasteiger partial charge is 0.490 e. The molecule has 1 N–H and O–H groups in total. The van der Waals surface area contributed by atoms with Crippen LogP contribution >= 0.6 is 0 Å². The monoisotopic (exact) mass is 380 g/mol. The number of morpholine rings is 1. The Morgan fingerprint density at radius 1 is 1.32 bits per heavy atom. The summed E-state index contributed by atoms with van der Waals surface area (Å²) in [6.45, 7) is 10.6. The van der Waals surface area contributed by atoms with Crippen LogP contribution in [0, 0.1) is 0 Å². The van der Waals surface area contributed by atoms with Gasteiger partial charge in [0.05, 0.1) is 17.3 Å². The van der Waals surface area contributed by atoms with Gasteiger partial charge in [0.15, 0.2) is 0 Å². The van der Waals surface area contributed by atoms with Crippen LogP contribution in [-0.2, 0) is 4.74 Å². The molecule has 1 fully saturated rings. The van der Waals surface area contributed by atoms with Gasteiger partial charge in [0.2, 0.25) is 0 Å². The summed E-state index contributed by atoms with van der Waals surface area (Å²) in [4.78, 5) is 4.54. The summed E-state index contributed by atoms with van der Waals surface area (Å²) in [5, 5.41) is 8.89. The summed E-state index contributed by atoms with van der Waals surface area (Å²) in [7, 11) is 0. The van der Waals surface area contributed by atoms with Gasteiger partial charge in [-0.05, 0) is 57.5 Å². The molecule has 0 amide bonds. The minimum atomic E-state index is -0.177. The van der Waals surface area contributed by atoms with Crippen molar-refractivity contribution >= 4 is 10.9 Å². The van der Waals surface area contributed by atoms with Gasteiger partial charge < -0.3 is 14.8 Å². The smallest absolute Gasteiger partial charge is 0.129 e. The average Bonchev–Trinajstić information content (AvgIpc) is 3.16. The fourth-order valence-corrected chi connectivity index (χ4v) is 3.55. The molecule has 0 saturated carbocycles. The van der Waals surface area contributed by atoms with E-state index >= 15 is 0 Å². The number of hydrogen-bond donors (Lipinski definition) is 1. The molecule has 0 radical (unpaired) electrons. The van der Waals surface area contributed by atoms with E-state index in [1.54, 1.807) is 0 Å². The van der Waals surface area contributed by atoms with Gasteiger partial charge in [-0.2, -0.15) is 5.10 Å². The summed E-state index contributed by atoms with van der Waals surface area (Å²) in [5.74, 6) is 0.824. The molecule has 6 nitrogen and oxygen atoms in total. The average molecular weight is 380 g/mol. The lowest BCUT2D eigenvalue weighted by Crippen LogP contribution is -2.52. The van der Waals surface area contributed by atoms with E-state index in [1.165, 1.54) is 0 Å². The van der Waals surface area contributed by atoms with Gasteiger partial charge in [0.25, 0.3) is 0 Å². The Morgan fingerprint density at radius 2 is 2.18 bits per heavy atom. The highest BCUT2D eigenvalue weighted by Gasteiger charge is 2.28. The van der Waals surface area contributed by atoms with Crippen molar-refractivity contribution < 1.29 is 9.47 Å². The molecule has 0 aliphatic carbocycles. The number of ether oxygens (including phenoxy) is 2. The van der Waals surface area contributed by atoms with Crippen LogP contribution in [0.15, 0.2) is 42.9 Å². The zero-order valence-electron chi connectivity index (χ0n) is 17.0. The molecule has 28 heavy (non-hydrogen) atoms. The van der Waals surface area contributed by atoms with Crippen LogP contribution < -0.4 is 10.1 Å². The van der Waals surface area contributed by atoms with Crippen molar-refractivity contribution in [2.75, 3.05) is 19.7 Å². The first-order valence-corrected chi connectivity index (χ1v) is 9.86. The Kier molecular flexibility index (Phi) is 5.08. The highest BCUT2D eigenvalue weighted by Crippen LogP contribution is 2.32. The molecule has 1 aliphatic rings. The second-order valence-electron chi connectivity index (χ2n) is 8.29. The number of fused-ring (bicyclic) bond motifs is 1. The molecule has 1 aromatic carbocycles. The molecule has 0 unspecified atom stereocenters. The van der Waals surface area contributed by atoms with Crippen LogP contribution in [0.4, 0.5) is 0 Å². The lowest BCUT2D eigenvalue weighted by atomic mass is 10.1. The van der Waals surface area contributed by atoms with Crippen LogP contribution in [-0.4, -0.2) is 46.2 Å². The number of rotatable bonds is 5. The zero-order chi connectivity index (χ0) is 19.7. The van der Waals surface area contributed by atoms with Crippen LogP contribution in [0.3, 0.4) is 0 Å². The fourth-order valence-electron chi connectivity index (χ4n) is 3.55. The first kappa shape index (κ1) is 18.9. The number of nitrogens with one attached hydrogen (secondary N) is 1. The lowest BCUT2D eigenvalue weighted by Gasteiger charge is -2.36. The second kappa shape index (κ2) is 7.53. The van der Waals surface area contributed by atoms with Gasteiger partial charge in [-0.15, -0.1) is 0 Å². The fraction of sp³-hybridized carbons (Fsp3) is 0.455. The Balaban J connectivity index is 1.63. The third kappa shape index (κ3) is 4.03. The van der Waals surface area contributed by atoms with E-state index < -0.39 is 0 Å². The number of aromatic nitrogens is 3. The molecular weight excluding hydrogens is 352 g/mol. The van der Waals surface area contributed by atoms with Crippen LogP contribution in [0.2, 0.25) is 0 Å². The summed E-state index contributed by atoms with van der Waals surface area (Å²) in [5.41, 5.74) is 2.85. The molecule has 4 rings (SSSR count). The summed E-state index contributed by atoms with van der Waals surface area (Å²) >= 11 is 0. The molecule has 148 valence electrons. The van der Waals surface area contributed by atoms with Crippen molar-refractivity contribution in [3.8, 4) is 16.9 Å². The van der Waals surface area contributed by atoms with Crippen LogP contribution in [0.5, 0.6) is 5.75 Å². The van der Waals surface area contributed by atoms with Crippen molar-refractivity contribution in [3.63, 3.8) is 0 Å². The normalized spacial score (nSPS) is 19.2. The van der Waals surface area contributed by atoms with E-state index in [-0.39, 0.29) is 11.7 Å². The first-order chi connectivity index (χ1) is 13.4. The third-order valence-electron chi connectivity index (χ3n) is 4.98. The number of pyridine rings is 1. The molecular formula is C22H28N4O2. The zero-order valence-corrected chi connectivity index (χ0v) is 17.0. The number of nitrogens with zero attached hydrogens (tertiary/aromatic N) is 3. The summed E-state index contributed by atoms with van der Waals surface area (Å²) in [6.07, 6.45) is 5.78. The van der Waals surface area contributed by atoms with Crippen molar-refractivity contribution in [2.45, 2.75) is 45.4 Å². The van der Waals surface area contributed by atoms with Crippen molar-refractivity contribution in [1.82, 2.24) is 20.1 Å². The first-order valence-electron chi connectivity index (χ1n) is 9.86. The Bertz CT molecular complexity index is 964. The second-order valence-corrected chi connectivity index (χ2v) is 8.29. The van der Waals surface area contributed by atoms with E-state index in [2.05, 4.69) is 61.4 Å². The van der Waals surface area contributed by atoms with Gasteiger partial charge in [-0.3, -0.25) is 9.67 Å². The predicted octanol–water partition coefficient (Wildman–Crippen LogP) is 3.83. The highest BCUT2D eigenvalue weighted by molar-refractivity contribution is 5.89. The standard InChI is InChI=1S/C22H28N4O2/c1-15(2)26-12-17(10-25-26)16-8-20-19(6-5-7-24-20)21(9-16)27-13-18-11-23-14-22(3,4)28-18/h5-10,12,15,18,23H,11,13-14H2,1-4H3/t18-/m0/s1. The van der Waals surface area contributed by atoms with Gasteiger partial charge in [-0.1, -0.05) is 0 Å². The molecule has 3 heterocycles. The molecule has 0 spiro atoms. The van der Waals surface area contributed by atoms with Gasteiger partial charge in [-0.25, -0.2) is 0 Å². The van der Waals surface area contributed by atoms with Crippen LogP contribution in [0.1, 0.15) is 33.7 Å². The van der Waals surface area contributed by atoms with E-state index in [9.17, 15) is 0 Å². The summed E-state index contributed by atoms with van der Waals surface area (Å²) < 4.78 is 14.3. The molecule has 0 bridgehead atoms. The maximum atomic E-state index is 6.24. The minimum Gasteiger partial charge on any atom is -0.490 e. The maximum Gasteiger partial charge on any atom is 0.129 e. The minimum absolute atomic E-state index is 0.0165. The Labute approximate surface area is 165 Å². The van der Waals surface area contributed by atoms with Crippen molar-refractivity contribution in [1.29, 1.82) is 0 Å². The van der Waals surface area contributed by atoms with Crippen molar-refractivity contribution in [3.05, 3.63) is 42.9 Å². The van der Waals surface area contributed by atoms with E-state index in [1.807, 2.05) is 29.2 Å². The van der Waals surface area contributed by atoms with Gasteiger partial charge in [0, 0.05) is 42.5 Å². The van der Waals surface area contributed by atoms with Crippen LogP contribution in [0.25, 0.3) is 22.0 Å². The molecule has 1 aliphatic heterocycles. The Hall–Kier alpha value is -2.44. The maximum absolute atomic E-state index is 6.24. The van der Waals surface area contributed by atoms with Crippen molar-refractivity contribution in [2.24, 2.45) is 0 Å². The quantitative estimate of drug-likeness (QED) is 0.729.